The van der Waals surface area contributed by atoms with Crippen molar-refractivity contribution >= 4 is 6.09 Å². The Morgan fingerprint density at radius 2 is 1.77 bits per heavy atom. The Kier molecular flexibility index (Phi) is 6.09. The molecule has 0 aromatic carbocycles. The Bertz CT molecular complexity index is 359. The van der Waals surface area contributed by atoms with Crippen LogP contribution in [0.25, 0.3) is 0 Å². The summed E-state index contributed by atoms with van der Waals surface area (Å²) in [5, 5.41) is 6.71. The first-order valence-corrected chi connectivity index (χ1v) is 8.73. The van der Waals surface area contributed by atoms with Crippen LogP contribution in [0.1, 0.15) is 52.9 Å². The van der Waals surface area contributed by atoms with Crippen molar-refractivity contribution in [3.63, 3.8) is 0 Å². The van der Waals surface area contributed by atoms with E-state index in [4.69, 9.17) is 4.74 Å². The van der Waals surface area contributed by atoms with Crippen LogP contribution in [0.2, 0.25) is 0 Å². The van der Waals surface area contributed by atoms with Crippen molar-refractivity contribution in [1.29, 1.82) is 0 Å². The predicted molar refractivity (Wildman–Crippen MR) is 89.0 cm³/mol. The van der Waals surface area contributed by atoms with E-state index in [1.165, 1.54) is 25.9 Å². The van der Waals surface area contributed by atoms with Gasteiger partial charge in [0, 0.05) is 12.1 Å². The van der Waals surface area contributed by atoms with Gasteiger partial charge in [0.05, 0.1) is 0 Å². The zero-order chi connectivity index (χ0) is 16.2. The van der Waals surface area contributed by atoms with E-state index >= 15 is 0 Å². The maximum Gasteiger partial charge on any atom is 0.407 e. The minimum atomic E-state index is -0.422. The number of carbonyl (C=O) groups excluding carboxylic acids is 1. The van der Waals surface area contributed by atoms with Gasteiger partial charge in [-0.15, -0.1) is 0 Å². The summed E-state index contributed by atoms with van der Waals surface area (Å²) in [5.41, 5.74) is -0.422. The minimum absolute atomic E-state index is 0.254. The van der Waals surface area contributed by atoms with Crippen molar-refractivity contribution in [2.45, 2.75) is 70.6 Å². The highest BCUT2D eigenvalue weighted by Gasteiger charge is 2.28. The number of carbonyl (C=O) groups is 1. The maximum absolute atomic E-state index is 11.8. The van der Waals surface area contributed by atoms with Gasteiger partial charge >= 0.3 is 6.09 Å². The third kappa shape index (κ3) is 6.13. The fourth-order valence-electron chi connectivity index (χ4n) is 3.37. The molecule has 2 unspecified atom stereocenters. The molecule has 5 heteroatoms. The molecule has 2 aliphatic rings. The molecule has 0 radical (unpaired) electrons. The number of likely N-dealkylation sites (tertiary alicyclic amines) is 1. The van der Waals surface area contributed by atoms with Crippen molar-refractivity contribution in [3.05, 3.63) is 0 Å². The van der Waals surface area contributed by atoms with E-state index in [-0.39, 0.29) is 12.1 Å². The van der Waals surface area contributed by atoms with Crippen LogP contribution < -0.4 is 10.6 Å². The zero-order valence-electron chi connectivity index (χ0n) is 14.7. The van der Waals surface area contributed by atoms with Gasteiger partial charge in [-0.3, -0.25) is 0 Å². The van der Waals surface area contributed by atoms with Crippen LogP contribution in [0.15, 0.2) is 0 Å². The SMILES string of the molecule is CN1CCC(CNC2CCC(NC(=O)OC(C)(C)C)C2)CC1. The van der Waals surface area contributed by atoms with Crippen LogP contribution in [0.5, 0.6) is 0 Å². The summed E-state index contributed by atoms with van der Waals surface area (Å²) in [6.07, 6.45) is 5.53. The highest BCUT2D eigenvalue weighted by Crippen LogP contribution is 2.21. The third-order valence-corrected chi connectivity index (χ3v) is 4.69. The highest BCUT2D eigenvalue weighted by atomic mass is 16.6. The first-order chi connectivity index (χ1) is 10.3. The quantitative estimate of drug-likeness (QED) is 0.837. The topological polar surface area (TPSA) is 53.6 Å². The van der Waals surface area contributed by atoms with Crippen LogP contribution in [-0.2, 0) is 4.74 Å². The Hall–Kier alpha value is -0.810. The van der Waals surface area contributed by atoms with Crippen LogP contribution in [0.4, 0.5) is 4.79 Å². The molecule has 128 valence electrons. The summed E-state index contributed by atoms with van der Waals surface area (Å²) in [6.45, 7) is 9.25. The largest absolute Gasteiger partial charge is 0.444 e. The van der Waals surface area contributed by atoms with Gasteiger partial charge in [-0.05, 0) is 85.5 Å². The normalized spacial score (nSPS) is 27.8. The molecule has 0 aromatic rings. The number of piperidine rings is 1. The van der Waals surface area contributed by atoms with Crippen molar-refractivity contribution in [2.75, 3.05) is 26.7 Å². The summed E-state index contributed by atoms with van der Waals surface area (Å²) in [6, 6.07) is 0.796. The average molecular weight is 311 g/mol. The molecule has 0 bridgehead atoms. The molecule has 0 aromatic heterocycles. The molecule has 1 saturated heterocycles. The summed E-state index contributed by atoms with van der Waals surface area (Å²) < 4.78 is 5.32. The fourth-order valence-corrected chi connectivity index (χ4v) is 3.37. The lowest BCUT2D eigenvalue weighted by Crippen LogP contribution is -2.40. The standard InChI is InChI=1S/C17H33N3O2/c1-17(2,3)22-16(21)19-15-6-5-14(11-15)18-12-13-7-9-20(4)10-8-13/h13-15,18H,5-12H2,1-4H3,(H,19,21). The molecule has 2 fully saturated rings. The Morgan fingerprint density at radius 1 is 1.14 bits per heavy atom. The number of rotatable bonds is 4. The number of nitrogens with one attached hydrogen (secondary N) is 2. The lowest BCUT2D eigenvalue weighted by molar-refractivity contribution is 0.0505. The van der Waals surface area contributed by atoms with Gasteiger partial charge in [-0.1, -0.05) is 0 Å². The zero-order valence-corrected chi connectivity index (χ0v) is 14.7. The Labute approximate surface area is 135 Å². The van der Waals surface area contributed by atoms with Gasteiger partial charge in [-0.2, -0.15) is 0 Å². The highest BCUT2D eigenvalue weighted by molar-refractivity contribution is 5.68. The second-order valence-electron chi connectivity index (χ2n) is 8.01. The van der Waals surface area contributed by atoms with E-state index < -0.39 is 5.60 Å². The van der Waals surface area contributed by atoms with E-state index in [2.05, 4.69) is 22.6 Å². The fraction of sp³-hybridized carbons (Fsp3) is 0.941. The minimum Gasteiger partial charge on any atom is -0.444 e. The molecule has 1 amide bonds. The van der Waals surface area contributed by atoms with Gasteiger partial charge in [0.15, 0.2) is 0 Å². The average Bonchev–Trinajstić information content (AvgIpc) is 2.83. The lowest BCUT2D eigenvalue weighted by atomic mass is 9.97. The predicted octanol–water partition coefficient (Wildman–Crippen LogP) is 2.36. The first kappa shape index (κ1) is 17.5. The molecule has 0 spiro atoms. The molecule has 1 aliphatic heterocycles. The first-order valence-electron chi connectivity index (χ1n) is 8.73. The Balaban J connectivity index is 1.62. The van der Waals surface area contributed by atoms with Gasteiger partial charge in [0.25, 0.3) is 0 Å². The summed E-state index contributed by atoms with van der Waals surface area (Å²) in [7, 11) is 2.20. The van der Waals surface area contributed by atoms with Crippen LogP contribution in [-0.4, -0.2) is 55.4 Å². The number of nitrogens with zero attached hydrogens (tertiary/aromatic N) is 1. The lowest BCUT2D eigenvalue weighted by Gasteiger charge is -2.30. The van der Waals surface area contributed by atoms with Crippen molar-refractivity contribution in [3.8, 4) is 0 Å². The van der Waals surface area contributed by atoms with Crippen molar-refractivity contribution in [1.82, 2.24) is 15.5 Å². The van der Waals surface area contributed by atoms with E-state index in [1.807, 2.05) is 20.8 Å². The summed E-state index contributed by atoms with van der Waals surface area (Å²) in [4.78, 5) is 14.2. The van der Waals surface area contributed by atoms with Gasteiger partial charge in [0.1, 0.15) is 5.60 Å². The van der Waals surface area contributed by atoms with E-state index in [0.717, 1.165) is 31.7 Å². The summed E-state index contributed by atoms with van der Waals surface area (Å²) in [5.74, 6) is 0.814. The molecule has 1 heterocycles. The monoisotopic (exact) mass is 311 g/mol. The molecule has 2 rings (SSSR count). The molecule has 1 aliphatic carbocycles. The van der Waals surface area contributed by atoms with Crippen molar-refractivity contribution in [2.24, 2.45) is 5.92 Å². The number of hydrogen-bond acceptors (Lipinski definition) is 4. The van der Waals surface area contributed by atoms with Crippen LogP contribution in [0, 0.1) is 5.92 Å². The van der Waals surface area contributed by atoms with E-state index in [0.29, 0.717) is 6.04 Å². The molecular weight excluding hydrogens is 278 g/mol. The van der Waals surface area contributed by atoms with Crippen LogP contribution >= 0.6 is 0 Å². The molecule has 1 saturated carbocycles. The van der Waals surface area contributed by atoms with Crippen molar-refractivity contribution < 1.29 is 9.53 Å². The van der Waals surface area contributed by atoms with Gasteiger partial charge in [0.2, 0.25) is 0 Å². The van der Waals surface area contributed by atoms with E-state index in [1.54, 1.807) is 0 Å². The molecule has 22 heavy (non-hydrogen) atoms. The molecule has 2 atom stereocenters. The maximum atomic E-state index is 11.8. The Morgan fingerprint density at radius 3 is 2.41 bits per heavy atom. The van der Waals surface area contributed by atoms with Gasteiger partial charge < -0.3 is 20.3 Å². The number of alkyl carbamates (subject to hydrolysis) is 1. The molecule has 2 N–H and O–H groups in total. The van der Waals surface area contributed by atoms with E-state index in [9.17, 15) is 4.79 Å². The third-order valence-electron chi connectivity index (χ3n) is 4.69. The van der Waals surface area contributed by atoms with Crippen LogP contribution in [0.3, 0.4) is 0 Å². The number of ether oxygens (including phenoxy) is 1. The number of amides is 1. The van der Waals surface area contributed by atoms with Gasteiger partial charge in [-0.25, -0.2) is 4.79 Å². The molecule has 5 nitrogen and oxygen atoms in total. The second-order valence-corrected chi connectivity index (χ2v) is 8.01. The number of hydrogen-bond donors (Lipinski definition) is 2. The summed E-state index contributed by atoms with van der Waals surface area (Å²) >= 11 is 0. The second kappa shape index (κ2) is 7.64. The smallest absolute Gasteiger partial charge is 0.407 e. The molecular formula is C17H33N3O2.